The third-order valence-electron chi connectivity index (χ3n) is 2.81. The van der Waals surface area contributed by atoms with Gasteiger partial charge in [-0.05, 0) is 25.5 Å². The fourth-order valence-corrected chi connectivity index (χ4v) is 1.44. The lowest BCUT2D eigenvalue weighted by Crippen LogP contribution is -2.45. The Kier molecular flexibility index (Phi) is 8.08. The maximum Gasteiger partial charge on any atom is 0.191 e. The number of hydrogen-bond donors (Lipinski definition) is 2. The molecule has 0 aliphatic rings. The molecular formula is C13H25IN4O. The van der Waals surface area contributed by atoms with Gasteiger partial charge in [-0.15, -0.1) is 24.0 Å². The van der Waals surface area contributed by atoms with Crippen molar-refractivity contribution in [1.29, 1.82) is 0 Å². The molecule has 5 nitrogen and oxygen atoms in total. The van der Waals surface area contributed by atoms with E-state index in [0.717, 1.165) is 12.5 Å². The SMILES string of the molecule is CN=C(NCc1ccn(C)c1)NCC(C)(C)OC.I. The largest absolute Gasteiger partial charge is 0.377 e. The highest BCUT2D eigenvalue weighted by atomic mass is 127. The van der Waals surface area contributed by atoms with Crippen LogP contribution in [-0.4, -0.2) is 36.8 Å². The second-order valence-electron chi connectivity index (χ2n) is 4.93. The van der Waals surface area contributed by atoms with E-state index < -0.39 is 0 Å². The molecule has 110 valence electrons. The summed E-state index contributed by atoms with van der Waals surface area (Å²) in [7, 11) is 5.49. The first-order chi connectivity index (χ1) is 8.46. The molecule has 0 aliphatic heterocycles. The van der Waals surface area contributed by atoms with Crippen molar-refractivity contribution in [1.82, 2.24) is 15.2 Å². The van der Waals surface area contributed by atoms with E-state index in [2.05, 4.69) is 27.9 Å². The zero-order chi connectivity index (χ0) is 13.6. The van der Waals surface area contributed by atoms with Crippen LogP contribution in [0.25, 0.3) is 0 Å². The molecule has 0 saturated carbocycles. The first kappa shape index (κ1) is 18.2. The standard InChI is InChI=1S/C13H24N4O.HI/c1-13(2,18-5)10-16-12(14-3)15-8-11-6-7-17(4)9-11;/h6-7,9H,8,10H2,1-5H3,(H2,14,15,16);1H. The van der Waals surface area contributed by atoms with E-state index in [4.69, 9.17) is 4.74 Å². The smallest absolute Gasteiger partial charge is 0.191 e. The predicted octanol–water partition coefficient (Wildman–Crippen LogP) is 1.73. The van der Waals surface area contributed by atoms with E-state index in [-0.39, 0.29) is 29.6 Å². The third-order valence-corrected chi connectivity index (χ3v) is 2.81. The number of rotatable bonds is 5. The lowest BCUT2D eigenvalue weighted by molar-refractivity contribution is 0.0268. The van der Waals surface area contributed by atoms with Crippen molar-refractivity contribution >= 4 is 29.9 Å². The lowest BCUT2D eigenvalue weighted by Gasteiger charge is -2.24. The van der Waals surface area contributed by atoms with Crippen molar-refractivity contribution in [3.63, 3.8) is 0 Å². The molecule has 0 bridgehead atoms. The average Bonchev–Trinajstić information content (AvgIpc) is 2.75. The molecule has 6 heteroatoms. The van der Waals surface area contributed by atoms with Crippen LogP contribution in [0.15, 0.2) is 23.5 Å². The zero-order valence-corrected chi connectivity index (χ0v) is 14.7. The minimum atomic E-state index is -0.204. The number of ether oxygens (including phenoxy) is 1. The van der Waals surface area contributed by atoms with E-state index in [1.165, 1.54) is 5.56 Å². The van der Waals surface area contributed by atoms with Crippen LogP contribution < -0.4 is 10.6 Å². The number of methoxy groups -OCH3 is 1. The highest BCUT2D eigenvalue weighted by molar-refractivity contribution is 14.0. The molecule has 0 amide bonds. The summed E-state index contributed by atoms with van der Waals surface area (Å²) >= 11 is 0. The second-order valence-corrected chi connectivity index (χ2v) is 4.93. The molecule has 1 aromatic rings. The normalized spacial score (nSPS) is 11.9. The van der Waals surface area contributed by atoms with Gasteiger partial charge in [0.15, 0.2) is 5.96 Å². The van der Waals surface area contributed by atoms with E-state index >= 15 is 0 Å². The molecule has 2 N–H and O–H groups in total. The molecule has 1 aromatic heterocycles. The van der Waals surface area contributed by atoms with Gasteiger partial charge in [0.2, 0.25) is 0 Å². The van der Waals surface area contributed by atoms with E-state index in [1.54, 1.807) is 14.2 Å². The molecule has 0 radical (unpaired) electrons. The fourth-order valence-electron chi connectivity index (χ4n) is 1.44. The number of guanidine groups is 1. The number of nitrogens with zero attached hydrogens (tertiary/aromatic N) is 2. The van der Waals surface area contributed by atoms with Gasteiger partial charge in [-0.1, -0.05) is 0 Å². The molecule has 0 fully saturated rings. The van der Waals surface area contributed by atoms with Crippen molar-refractivity contribution in [2.45, 2.75) is 26.0 Å². The number of aromatic nitrogens is 1. The van der Waals surface area contributed by atoms with Gasteiger partial charge >= 0.3 is 0 Å². The molecule has 0 atom stereocenters. The van der Waals surface area contributed by atoms with Crippen LogP contribution in [0.4, 0.5) is 0 Å². The molecule has 0 unspecified atom stereocenters. The van der Waals surface area contributed by atoms with Crippen LogP contribution in [-0.2, 0) is 18.3 Å². The number of aryl methyl sites for hydroxylation is 1. The minimum absolute atomic E-state index is 0. The van der Waals surface area contributed by atoms with Crippen molar-refractivity contribution in [2.75, 3.05) is 20.7 Å². The van der Waals surface area contributed by atoms with E-state index in [9.17, 15) is 0 Å². The zero-order valence-electron chi connectivity index (χ0n) is 12.4. The summed E-state index contributed by atoms with van der Waals surface area (Å²) in [4.78, 5) is 4.18. The predicted molar refractivity (Wildman–Crippen MR) is 90.1 cm³/mol. The number of hydrogen-bond acceptors (Lipinski definition) is 2. The van der Waals surface area contributed by atoms with Gasteiger partial charge in [-0.3, -0.25) is 4.99 Å². The summed E-state index contributed by atoms with van der Waals surface area (Å²) in [5.74, 6) is 0.781. The van der Waals surface area contributed by atoms with Crippen LogP contribution in [0, 0.1) is 0 Å². The molecular weight excluding hydrogens is 355 g/mol. The Labute approximate surface area is 132 Å². The van der Waals surface area contributed by atoms with Crippen molar-refractivity contribution in [3.05, 3.63) is 24.0 Å². The Balaban J connectivity index is 0.00000324. The summed E-state index contributed by atoms with van der Waals surface area (Å²) in [6, 6.07) is 2.08. The summed E-state index contributed by atoms with van der Waals surface area (Å²) in [6.07, 6.45) is 4.11. The molecule has 1 heterocycles. The van der Waals surface area contributed by atoms with Crippen LogP contribution in [0.5, 0.6) is 0 Å². The Morgan fingerprint density at radius 2 is 2.11 bits per heavy atom. The van der Waals surface area contributed by atoms with E-state index in [1.807, 2.05) is 31.7 Å². The van der Waals surface area contributed by atoms with Crippen molar-refractivity contribution in [2.24, 2.45) is 12.0 Å². The third kappa shape index (κ3) is 6.81. The van der Waals surface area contributed by atoms with Crippen molar-refractivity contribution < 1.29 is 4.74 Å². The molecule has 0 aliphatic carbocycles. The van der Waals surface area contributed by atoms with Gasteiger partial charge in [0.1, 0.15) is 0 Å². The second kappa shape index (κ2) is 8.42. The highest BCUT2D eigenvalue weighted by Gasteiger charge is 2.16. The Morgan fingerprint density at radius 3 is 2.58 bits per heavy atom. The van der Waals surface area contributed by atoms with Crippen LogP contribution in [0.1, 0.15) is 19.4 Å². The van der Waals surface area contributed by atoms with Crippen LogP contribution in [0.3, 0.4) is 0 Å². The topological polar surface area (TPSA) is 50.6 Å². The fraction of sp³-hybridized carbons (Fsp3) is 0.615. The van der Waals surface area contributed by atoms with Gasteiger partial charge < -0.3 is 19.9 Å². The van der Waals surface area contributed by atoms with E-state index in [0.29, 0.717) is 6.54 Å². The van der Waals surface area contributed by atoms with Gasteiger partial charge in [0.05, 0.1) is 5.60 Å². The number of halogens is 1. The Hall–Kier alpha value is -0.760. The quantitative estimate of drug-likeness (QED) is 0.465. The van der Waals surface area contributed by atoms with Gasteiger partial charge in [-0.25, -0.2) is 0 Å². The van der Waals surface area contributed by atoms with Crippen LogP contribution in [0.2, 0.25) is 0 Å². The highest BCUT2D eigenvalue weighted by Crippen LogP contribution is 2.04. The molecule has 0 saturated heterocycles. The first-order valence-electron chi connectivity index (χ1n) is 6.07. The maximum atomic E-state index is 5.35. The molecule has 1 rings (SSSR count). The summed E-state index contributed by atoms with van der Waals surface area (Å²) in [5.41, 5.74) is 1.02. The lowest BCUT2D eigenvalue weighted by atomic mass is 10.1. The number of nitrogens with one attached hydrogen (secondary N) is 2. The van der Waals surface area contributed by atoms with Crippen molar-refractivity contribution in [3.8, 4) is 0 Å². The Morgan fingerprint density at radius 1 is 1.42 bits per heavy atom. The number of aliphatic imine (C=N–C) groups is 1. The molecule has 19 heavy (non-hydrogen) atoms. The monoisotopic (exact) mass is 380 g/mol. The summed E-state index contributed by atoms with van der Waals surface area (Å²) in [5, 5.41) is 6.51. The molecule has 0 spiro atoms. The minimum Gasteiger partial charge on any atom is -0.377 e. The van der Waals surface area contributed by atoms with Gasteiger partial charge in [0, 0.05) is 46.7 Å². The maximum absolute atomic E-state index is 5.35. The van der Waals surface area contributed by atoms with Gasteiger partial charge in [-0.2, -0.15) is 0 Å². The Bertz CT molecular complexity index is 401. The van der Waals surface area contributed by atoms with Gasteiger partial charge in [0.25, 0.3) is 0 Å². The summed E-state index contributed by atoms with van der Waals surface area (Å²) < 4.78 is 7.38. The average molecular weight is 380 g/mol. The first-order valence-corrected chi connectivity index (χ1v) is 6.07. The molecule has 0 aromatic carbocycles. The summed E-state index contributed by atoms with van der Waals surface area (Å²) in [6.45, 7) is 5.53. The van der Waals surface area contributed by atoms with Crippen LogP contribution >= 0.6 is 24.0 Å².